The van der Waals surface area contributed by atoms with E-state index in [-0.39, 0.29) is 5.25 Å². The summed E-state index contributed by atoms with van der Waals surface area (Å²) in [6, 6.07) is 10.1. The molecular formula is C14H10ClN3S2. The Kier molecular flexibility index (Phi) is 4.06. The highest BCUT2D eigenvalue weighted by Crippen LogP contribution is 2.53. The predicted molar refractivity (Wildman–Crippen MR) is 85.3 cm³/mol. The summed E-state index contributed by atoms with van der Waals surface area (Å²) in [6.07, 6.45) is 5.11. The Morgan fingerprint density at radius 3 is 3.00 bits per heavy atom. The van der Waals surface area contributed by atoms with Gasteiger partial charge in [-0.2, -0.15) is 5.26 Å². The zero-order valence-corrected chi connectivity index (χ0v) is 12.8. The Balaban J connectivity index is 1.90. The zero-order valence-electron chi connectivity index (χ0n) is 10.4. The average Bonchev–Trinajstić information content (AvgIpc) is 3.12. The van der Waals surface area contributed by atoms with E-state index < -0.39 is 0 Å². The molecule has 2 aromatic rings. The summed E-state index contributed by atoms with van der Waals surface area (Å²) < 4.78 is 2.78. The van der Waals surface area contributed by atoms with Gasteiger partial charge < -0.3 is 0 Å². The molecule has 1 aliphatic rings. The van der Waals surface area contributed by atoms with Gasteiger partial charge in [-0.15, -0.1) is 23.5 Å². The van der Waals surface area contributed by atoms with Gasteiger partial charge in [-0.1, -0.05) is 29.8 Å². The molecule has 1 aliphatic heterocycles. The first kappa shape index (κ1) is 13.6. The quantitative estimate of drug-likeness (QED) is 0.769. The molecule has 0 amide bonds. The largest absolute Gasteiger partial charge is 0.296 e. The minimum atomic E-state index is 0.288. The summed E-state index contributed by atoms with van der Waals surface area (Å²) in [7, 11) is 0. The van der Waals surface area contributed by atoms with E-state index in [1.165, 1.54) is 0 Å². The van der Waals surface area contributed by atoms with Gasteiger partial charge in [0.15, 0.2) is 0 Å². The van der Waals surface area contributed by atoms with Crippen LogP contribution in [0.15, 0.2) is 47.2 Å². The first-order valence-electron chi connectivity index (χ1n) is 5.96. The molecular weight excluding hydrogens is 310 g/mol. The standard InChI is InChI=1S/C14H10ClN3S2/c15-11-4-2-1-3-10(11)13-8-19-14(20-13)12(7-16)18-6-5-17-9-18/h1-6,9,13H,8H2/b14-12+. The number of nitriles is 1. The maximum absolute atomic E-state index is 9.36. The van der Waals surface area contributed by atoms with E-state index in [4.69, 9.17) is 11.6 Å². The van der Waals surface area contributed by atoms with Crippen LogP contribution in [0.4, 0.5) is 0 Å². The number of rotatable bonds is 2. The Morgan fingerprint density at radius 1 is 1.45 bits per heavy atom. The maximum atomic E-state index is 9.36. The van der Waals surface area contributed by atoms with Crippen LogP contribution in [0.2, 0.25) is 5.02 Å². The van der Waals surface area contributed by atoms with Crippen LogP contribution in [0.1, 0.15) is 10.8 Å². The Labute approximate surface area is 130 Å². The van der Waals surface area contributed by atoms with Crippen molar-refractivity contribution in [1.29, 1.82) is 5.26 Å². The van der Waals surface area contributed by atoms with E-state index in [0.29, 0.717) is 5.70 Å². The molecule has 20 heavy (non-hydrogen) atoms. The second kappa shape index (κ2) is 5.96. The van der Waals surface area contributed by atoms with Crippen LogP contribution in [0.3, 0.4) is 0 Å². The van der Waals surface area contributed by atoms with Gasteiger partial charge in [-0.3, -0.25) is 4.57 Å². The van der Waals surface area contributed by atoms with E-state index >= 15 is 0 Å². The van der Waals surface area contributed by atoms with Crippen molar-refractivity contribution in [3.63, 3.8) is 0 Å². The molecule has 1 aromatic heterocycles. The molecule has 0 spiro atoms. The number of allylic oxidation sites excluding steroid dienone is 1. The number of thioether (sulfide) groups is 2. The molecule has 1 atom stereocenters. The highest BCUT2D eigenvalue weighted by atomic mass is 35.5. The van der Waals surface area contributed by atoms with Gasteiger partial charge in [0.1, 0.15) is 11.8 Å². The number of benzene rings is 1. The Hall–Kier alpha value is -1.35. The summed E-state index contributed by atoms with van der Waals surface area (Å²) in [5, 5.41) is 10.4. The van der Waals surface area contributed by atoms with Crippen LogP contribution in [-0.4, -0.2) is 15.3 Å². The molecule has 1 unspecified atom stereocenters. The number of hydrogen-bond acceptors (Lipinski definition) is 4. The Morgan fingerprint density at radius 2 is 2.30 bits per heavy atom. The summed E-state index contributed by atoms with van der Waals surface area (Å²) in [5.74, 6) is 0.920. The lowest BCUT2D eigenvalue weighted by molar-refractivity contribution is 1.10. The normalized spacial score (nSPS) is 20.7. The molecule has 0 bridgehead atoms. The van der Waals surface area contributed by atoms with Gasteiger partial charge >= 0.3 is 0 Å². The lowest BCUT2D eigenvalue weighted by Crippen LogP contribution is -1.93. The minimum Gasteiger partial charge on any atom is -0.296 e. The van der Waals surface area contributed by atoms with Crippen molar-refractivity contribution in [3.05, 3.63) is 57.8 Å². The van der Waals surface area contributed by atoms with Crippen molar-refractivity contribution >= 4 is 40.8 Å². The number of hydrogen-bond donors (Lipinski definition) is 0. The zero-order chi connectivity index (χ0) is 13.9. The first-order valence-corrected chi connectivity index (χ1v) is 8.20. The van der Waals surface area contributed by atoms with E-state index in [9.17, 15) is 5.26 Å². The van der Waals surface area contributed by atoms with Crippen LogP contribution in [0, 0.1) is 11.3 Å². The molecule has 3 nitrogen and oxygen atoms in total. The molecule has 2 heterocycles. The van der Waals surface area contributed by atoms with Gasteiger partial charge in [0.05, 0.1) is 10.6 Å². The lowest BCUT2D eigenvalue weighted by atomic mass is 10.2. The molecule has 1 aromatic carbocycles. The van der Waals surface area contributed by atoms with E-state index in [1.807, 2.05) is 24.3 Å². The van der Waals surface area contributed by atoms with E-state index in [2.05, 4.69) is 11.1 Å². The van der Waals surface area contributed by atoms with Crippen molar-refractivity contribution in [2.24, 2.45) is 0 Å². The van der Waals surface area contributed by atoms with Crippen molar-refractivity contribution < 1.29 is 0 Å². The maximum Gasteiger partial charge on any atom is 0.145 e. The number of imidazole rings is 1. The smallest absolute Gasteiger partial charge is 0.145 e. The number of halogens is 1. The summed E-state index contributed by atoms with van der Waals surface area (Å²) in [5.41, 5.74) is 1.76. The molecule has 6 heteroatoms. The minimum absolute atomic E-state index is 0.288. The van der Waals surface area contributed by atoms with Gasteiger partial charge in [0.2, 0.25) is 0 Å². The average molecular weight is 320 g/mol. The summed E-state index contributed by atoms with van der Waals surface area (Å²) in [4.78, 5) is 3.99. The molecule has 100 valence electrons. The molecule has 3 rings (SSSR count). The lowest BCUT2D eigenvalue weighted by Gasteiger charge is -2.09. The monoisotopic (exact) mass is 319 g/mol. The van der Waals surface area contributed by atoms with E-state index in [0.717, 1.165) is 20.6 Å². The number of aromatic nitrogens is 2. The van der Waals surface area contributed by atoms with E-state index in [1.54, 1.807) is 46.8 Å². The highest BCUT2D eigenvalue weighted by Gasteiger charge is 2.27. The van der Waals surface area contributed by atoms with Gasteiger partial charge in [0, 0.05) is 28.4 Å². The van der Waals surface area contributed by atoms with Gasteiger partial charge in [0.25, 0.3) is 0 Å². The van der Waals surface area contributed by atoms with Crippen LogP contribution < -0.4 is 0 Å². The highest BCUT2D eigenvalue weighted by molar-refractivity contribution is 8.25. The Bertz CT molecular complexity index is 689. The predicted octanol–water partition coefficient (Wildman–Crippen LogP) is 4.41. The van der Waals surface area contributed by atoms with Crippen molar-refractivity contribution in [1.82, 2.24) is 9.55 Å². The fourth-order valence-electron chi connectivity index (χ4n) is 1.96. The SMILES string of the molecule is N#C/C(=C1/SCC(c2ccccc2Cl)S1)n1ccnc1. The second-order valence-electron chi connectivity index (χ2n) is 4.16. The first-order chi connectivity index (χ1) is 9.79. The third-order valence-electron chi connectivity index (χ3n) is 2.93. The van der Waals surface area contributed by atoms with Crippen LogP contribution in [-0.2, 0) is 0 Å². The molecule has 0 radical (unpaired) electrons. The summed E-state index contributed by atoms with van der Waals surface area (Å²) >= 11 is 9.64. The van der Waals surface area contributed by atoms with Crippen LogP contribution >= 0.6 is 35.1 Å². The molecule has 0 aliphatic carbocycles. The van der Waals surface area contributed by atoms with Gasteiger partial charge in [-0.05, 0) is 11.6 Å². The third kappa shape index (κ3) is 2.59. The second-order valence-corrected chi connectivity index (χ2v) is 7.07. The van der Waals surface area contributed by atoms with Crippen LogP contribution in [0.25, 0.3) is 5.70 Å². The molecule has 0 saturated carbocycles. The van der Waals surface area contributed by atoms with Crippen molar-refractivity contribution in [2.75, 3.05) is 5.75 Å². The fraction of sp³-hybridized carbons (Fsp3) is 0.143. The third-order valence-corrected chi connectivity index (χ3v) is 6.19. The van der Waals surface area contributed by atoms with Crippen LogP contribution in [0.5, 0.6) is 0 Å². The number of nitrogens with zero attached hydrogens (tertiary/aromatic N) is 3. The fourth-order valence-corrected chi connectivity index (χ4v) is 5.22. The molecule has 0 N–H and O–H groups in total. The topological polar surface area (TPSA) is 41.6 Å². The van der Waals surface area contributed by atoms with Crippen molar-refractivity contribution in [3.8, 4) is 6.07 Å². The molecule has 1 fully saturated rings. The van der Waals surface area contributed by atoms with Crippen molar-refractivity contribution in [2.45, 2.75) is 5.25 Å². The molecule has 1 saturated heterocycles. The van der Waals surface area contributed by atoms with Gasteiger partial charge in [-0.25, -0.2) is 4.98 Å². The summed E-state index contributed by atoms with van der Waals surface area (Å²) in [6.45, 7) is 0.